The van der Waals surface area contributed by atoms with E-state index in [2.05, 4.69) is 0 Å². The van der Waals surface area contributed by atoms with E-state index in [-0.39, 0.29) is 18.3 Å². The van der Waals surface area contributed by atoms with E-state index in [9.17, 15) is 5.11 Å². The molecule has 1 aromatic carbocycles. The SMILES string of the molecule is COc1ccc(OC2CC(OC)C(OC)CC2O)cc1. The molecule has 5 heteroatoms. The van der Waals surface area contributed by atoms with Gasteiger partial charge in [0.25, 0.3) is 0 Å². The van der Waals surface area contributed by atoms with E-state index in [1.807, 2.05) is 24.3 Å². The van der Waals surface area contributed by atoms with Crippen molar-refractivity contribution in [1.82, 2.24) is 0 Å². The number of rotatable bonds is 5. The Morgan fingerprint density at radius 1 is 0.850 bits per heavy atom. The smallest absolute Gasteiger partial charge is 0.127 e. The Morgan fingerprint density at radius 2 is 1.40 bits per heavy atom. The zero-order valence-electron chi connectivity index (χ0n) is 12.1. The summed E-state index contributed by atoms with van der Waals surface area (Å²) in [4.78, 5) is 0. The zero-order valence-corrected chi connectivity index (χ0v) is 12.1. The Kier molecular flexibility index (Phi) is 5.23. The predicted molar refractivity (Wildman–Crippen MR) is 74.2 cm³/mol. The first kappa shape index (κ1) is 15.1. The van der Waals surface area contributed by atoms with Gasteiger partial charge in [-0.05, 0) is 24.3 Å². The lowest BCUT2D eigenvalue weighted by Gasteiger charge is -2.37. The second kappa shape index (κ2) is 6.92. The zero-order chi connectivity index (χ0) is 14.5. The Morgan fingerprint density at radius 3 is 1.95 bits per heavy atom. The molecule has 1 aliphatic carbocycles. The molecule has 1 N–H and O–H groups in total. The van der Waals surface area contributed by atoms with Crippen LogP contribution in [0.25, 0.3) is 0 Å². The molecule has 112 valence electrons. The van der Waals surface area contributed by atoms with Crippen molar-refractivity contribution in [3.63, 3.8) is 0 Å². The van der Waals surface area contributed by atoms with Gasteiger partial charge in [-0.25, -0.2) is 0 Å². The maximum absolute atomic E-state index is 10.2. The first-order chi connectivity index (χ1) is 9.67. The molecule has 0 heterocycles. The van der Waals surface area contributed by atoms with Gasteiger partial charge in [0.2, 0.25) is 0 Å². The summed E-state index contributed by atoms with van der Waals surface area (Å²) in [5.74, 6) is 1.48. The molecule has 0 spiro atoms. The summed E-state index contributed by atoms with van der Waals surface area (Å²) in [6.45, 7) is 0. The van der Waals surface area contributed by atoms with Gasteiger partial charge < -0.3 is 24.1 Å². The van der Waals surface area contributed by atoms with Gasteiger partial charge in [0.05, 0.1) is 25.4 Å². The maximum atomic E-state index is 10.2. The lowest BCUT2D eigenvalue weighted by atomic mass is 9.89. The molecule has 0 aliphatic heterocycles. The number of methoxy groups -OCH3 is 3. The molecule has 0 amide bonds. The van der Waals surface area contributed by atoms with E-state index in [0.29, 0.717) is 18.6 Å². The van der Waals surface area contributed by atoms with E-state index in [4.69, 9.17) is 18.9 Å². The summed E-state index contributed by atoms with van der Waals surface area (Å²) in [5, 5.41) is 10.2. The fourth-order valence-electron chi connectivity index (χ4n) is 2.53. The predicted octanol–water partition coefficient (Wildman–Crippen LogP) is 1.63. The lowest BCUT2D eigenvalue weighted by molar-refractivity contribution is -0.124. The molecule has 1 aromatic rings. The monoisotopic (exact) mass is 282 g/mol. The molecule has 1 aliphatic rings. The van der Waals surface area contributed by atoms with Crippen LogP contribution in [-0.4, -0.2) is 50.9 Å². The van der Waals surface area contributed by atoms with E-state index in [0.717, 1.165) is 5.75 Å². The van der Waals surface area contributed by atoms with Gasteiger partial charge >= 0.3 is 0 Å². The van der Waals surface area contributed by atoms with Gasteiger partial charge in [-0.3, -0.25) is 0 Å². The molecule has 2 rings (SSSR count). The Hall–Kier alpha value is -1.30. The van der Waals surface area contributed by atoms with Crippen molar-refractivity contribution in [2.24, 2.45) is 0 Å². The first-order valence-electron chi connectivity index (χ1n) is 6.72. The molecule has 5 nitrogen and oxygen atoms in total. The lowest BCUT2D eigenvalue weighted by Crippen LogP contribution is -2.48. The molecule has 0 saturated heterocycles. The van der Waals surface area contributed by atoms with Crippen LogP contribution >= 0.6 is 0 Å². The van der Waals surface area contributed by atoms with Crippen molar-refractivity contribution in [2.45, 2.75) is 37.3 Å². The molecule has 4 atom stereocenters. The first-order valence-corrected chi connectivity index (χ1v) is 6.72. The number of aliphatic hydroxyl groups excluding tert-OH is 1. The van der Waals surface area contributed by atoms with E-state index < -0.39 is 6.10 Å². The molecule has 0 bridgehead atoms. The Bertz CT molecular complexity index is 405. The van der Waals surface area contributed by atoms with Gasteiger partial charge in [0, 0.05) is 27.1 Å². The number of ether oxygens (including phenoxy) is 4. The molecule has 4 unspecified atom stereocenters. The summed E-state index contributed by atoms with van der Waals surface area (Å²) < 4.78 is 21.7. The average molecular weight is 282 g/mol. The van der Waals surface area contributed by atoms with Crippen LogP contribution in [0.5, 0.6) is 11.5 Å². The third kappa shape index (κ3) is 3.42. The van der Waals surface area contributed by atoms with Crippen LogP contribution in [0.4, 0.5) is 0 Å². The van der Waals surface area contributed by atoms with Gasteiger partial charge in [-0.1, -0.05) is 0 Å². The number of hydrogen-bond donors (Lipinski definition) is 1. The minimum absolute atomic E-state index is 0.0633. The largest absolute Gasteiger partial charge is 0.497 e. The summed E-state index contributed by atoms with van der Waals surface area (Å²) in [5.41, 5.74) is 0. The standard InChI is InChI=1S/C15H22O5/c1-17-10-4-6-11(7-5-10)20-13-9-15(19-3)14(18-2)8-12(13)16/h4-7,12-16H,8-9H2,1-3H3. The average Bonchev–Trinajstić information content (AvgIpc) is 2.49. The topological polar surface area (TPSA) is 57.2 Å². The van der Waals surface area contributed by atoms with Gasteiger partial charge in [-0.15, -0.1) is 0 Å². The van der Waals surface area contributed by atoms with Gasteiger partial charge in [-0.2, -0.15) is 0 Å². The quantitative estimate of drug-likeness (QED) is 0.889. The van der Waals surface area contributed by atoms with Crippen LogP contribution in [-0.2, 0) is 9.47 Å². The van der Waals surface area contributed by atoms with Crippen LogP contribution in [0.3, 0.4) is 0 Å². The highest BCUT2D eigenvalue weighted by Gasteiger charge is 2.38. The summed E-state index contributed by atoms with van der Waals surface area (Å²) in [6.07, 6.45) is 0.100. The Labute approximate surface area is 119 Å². The molecular formula is C15H22O5. The summed E-state index contributed by atoms with van der Waals surface area (Å²) in [6, 6.07) is 7.32. The second-order valence-corrected chi connectivity index (χ2v) is 4.92. The van der Waals surface area contributed by atoms with Crippen molar-refractivity contribution in [3.8, 4) is 11.5 Å². The highest BCUT2D eigenvalue weighted by Crippen LogP contribution is 2.28. The number of benzene rings is 1. The highest BCUT2D eigenvalue weighted by atomic mass is 16.5. The van der Waals surface area contributed by atoms with Crippen LogP contribution in [0.2, 0.25) is 0 Å². The van der Waals surface area contributed by atoms with Crippen molar-refractivity contribution in [2.75, 3.05) is 21.3 Å². The van der Waals surface area contributed by atoms with Crippen LogP contribution < -0.4 is 9.47 Å². The molecule has 0 radical (unpaired) electrons. The second-order valence-electron chi connectivity index (χ2n) is 4.92. The van der Waals surface area contributed by atoms with Crippen molar-refractivity contribution in [1.29, 1.82) is 0 Å². The normalized spacial score (nSPS) is 30.0. The van der Waals surface area contributed by atoms with E-state index in [1.54, 1.807) is 21.3 Å². The highest BCUT2D eigenvalue weighted by molar-refractivity contribution is 5.31. The molecule has 20 heavy (non-hydrogen) atoms. The van der Waals surface area contributed by atoms with E-state index >= 15 is 0 Å². The van der Waals surface area contributed by atoms with Crippen molar-refractivity contribution >= 4 is 0 Å². The number of hydrogen-bond acceptors (Lipinski definition) is 5. The third-order valence-corrected chi connectivity index (χ3v) is 3.73. The summed E-state index contributed by atoms with van der Waals surface area (Å²) >= 11 is 0. The van der Waals surface area contributed by atoms with Gasteiger partial charge in [0.1, 0.15) is 17.6 Å². The van der Waals surface area contributed by atoms with Crippen LogP contribution in [0.15, 0.2) is 24.3 Å². The molecule has 1 fully saturated rings. The van der Waals surface area contributed by atoms with Crippen molar-refractivity contribution in [3.05, 3.63) is 24.3 Å². The minimum Gasteiger partial charge on any atom is -0.497 e. The molecule has 0 aromatic heterocycles. The minimum atomic E-state index is -0.562. The number of aliphatic hydroxyl groups is 1. The van der Waals surface area contributed by atoms with Gasteiger partial charge in [0.15, 0.2) is 0 Å². The fourth-order valence-corrected chi connectivity index (χ4v) is 2.53. The maximum Gasteiger partial charge on any atom is 0.127 e. The Balaban J connectivity index is 2.00. The summed E-state index contributed by atoms with van der Waals surface area (Å²) in [7, 11) is 4.90. The van der Waals surface area contributed by atoms with Crippen LogP contribution in [0.1, 0.15) is 12.8 Å². The fraction of sp³-hybridized carbons (Fsp3) is 0.600. The molecule has 1 saturated carbocycles. The van der Waals surface area contributed by atoms with E-state index in [1.165, 1.54) is 0 Å². The van der Waals surface area contributed by atoms with Crippen molar-refractivity contribution < 1.29 is 24.1 Å². The van der Waals surface area contributed by atoms with Crippen LogP contribution in [0, 0.1) is 0 Å². The third-order valence-electron chi connectivity index (χ3n) is 3.73. The molecular weight excluding hydrogens is 260 g/mol.